The van der Waals surface area contributed by atoms with Crippen molar-refractivity contribution >= 4 is 5.69 Å². The number of nitrogens with zero attached hydrogens (tertiary/aromatic N) is 2. The fourth-order valence-electron chi connectivity index (χ4n) is 2.68. The Kier molecular flexibility index (Phi) is 4.81. The number of halogens is 3. The molecule has 1 heterocycles. The van der Waals surface area contributed by atoms with Gasteiger partial charge in [0, 0.05) is 31.9 Å². The number of alkyl halides is 3. The quantitative estimate of drug-likeness (QED) is 0.840. The molecule has 0 amide bonds. The van der Waals surface area contributed by atoms with Crippen LogP contribution in [-0.4, -0.2) is 44.3 Å². The SMILES string of the molecule is CC(C)c1ccc(N2CCN(C)CC2)c(CC(F)(F)F)c1. The summed E-state index contributed by atoms with van der Waals surface area (Å²) in [5.41, 5.74) is 2.11. The van der Waals surface area contributed by atoms with Crippen LogP contribution in [0.2, 0.25) is 0 Å². The van der Waals surface area contributed by atoms with Crippen molar-refractivity contribution in [2.45, 2.75) is 32.4 Å². The van der Waals surface area contributed by atoms with Crippen molar-refractivity contribution in [1.29, 1.82) is 0 Å². The highest BCUT2D eigenvalue weighted by molar-refractivity contribution is 5.56. The topological polar surface area (TPSA) is 6.48 Å². The van der Waals surface area contributed by atoms with E-state index in [0.29, 0.717) is 5.56 Å². The number of hydrogen-bond acceptors (Lipinski definition) is 2. The summed E-state index contributed by atoms with van der Waals surface area (Å²) in [5.74, 6) is 0.235. The van der Waals surface area contributed by atoms with Gasteiger partial charge in [-0.25, -0.2) is 0 Å². The lowest BCUT2D eigenvalue weighted by Crippen LogP contribution is -2.45. The monoisotopic (exact) mass is 300 g/mol. The first kappa shape index (κ1) is 16.1. The van der Waals surface area contributed by atoms with Gasteiger partial charge < -0.3 is 9.80 Å². The standard InChI is InChI=1S/C16H23F3N2/c1-12(2)13-4-5-15(14(10-13)11-16(17,18)19)21-8-6-20(3)7-9-21/h4-5,10,12H,6-9,11H2,1-3H3. The Balaban J connectivity index is 2.30. The Hall–Kier alpha value is -1.23. The minimum absolute atomic E-state index is 0.235. The van der Waals surface area contributed by atoms with Gasteiger partial charge in [-0.2, -0.15) is 13.2 Å². The molecule has 0 aliphatic carbocycles. The van der Waals surface area contributed by atoms with E-state index in [9.17, 15) is 13.2 Å². The molecule has 0 saturated carbocycles. The number of likely N-dealkylation sites (N-methyl/N-ethyl adjacent to an activating group) is 1. The molecule has 2 rings (SSSR count). The Morgan fingerprint density at radius 2 is 1.71 bits per heavy atom. The predicted octanol–water partition coefficient (Wildman–Crippen LogP) is 3.67. The largest absolute Gasteiger partial charge is 0.393 e. The van der Waals surface area contributed by atoms with E-state index in [1.54, 1.807) is 6.07 Å². The average molecular weight is 300 g/mol. The minimum atomic E-state index is -4.17. The molecule has 1 aromatic rings. The van der Waals surface area contributed by atoms with Crippen LogP contribution in [0, 0.1) is 0 Å². The van der Waals surface area contributed by atoms with Crippen molar-refractivity contribution in [1.82, 2.24) is 4.90 Å². The lowest BCUT2D eigenvalue weighted by molar-refractivity contribution is -0.127. The summed E-state index contributed by atoms with van der Waals surface area (Å²) in [6.45, 7) is 7.34. The van der Waals surface area contributed by atoms with Crippen LogP contribution in [0.25, 0.3) is 0 Å². The highest BCUT2D eigenvalue weighted by atomic mass is 19.4. The van der Waals surface area contributed by atoms with Crippen molar-refractivity contribution in [3.05, 3.63) is 29.3 Å². The molecule has 1 aliphatic heterocycles. The van der Waals surface area contributed by atoms with Crippen molar-refractivity contribution in [3.8, 4) is 0 Å². The van der Waals surface area contributed by atoms with Gasteiger partial charge in [-0.1, -0.05) is 26.0 Å². The molecule has 0 N–H and O–H groups in total. The van der Waals surface area contributed by atoms with E-state index in [2.05, 4.69) is 9.80 Å². The van der Waals surface area contributed by atoms with Crippen molar-refractivity contribution in [2.24, 2.45) is 0 Å². The van der Waals surface area contributed by atoms with Crippen LogP contribution in [0.15, 0.2) is 18.2 Å². The summed E-state index contributed by atoms with van der Waals surface area (Å²) in [5, 5.41) is 0. The lowest BCUT2D eigenvalue weighted by atomic mass is 9.97. The third-order valence-corrected chi connectivity index (χ3v) is 4.01. The summed E-state index contributed by atoms with van der Waals surface area (Å²) in [6, 6.07) is 5.55. The zero-order valence-corrected chi connectivity index (χ0v) is 12.9. The number of rotatable bonds is 3. The molecule has 1 aliphatic rings. The summed E-state index contributed by atoms with van der Waals surface area (Å²) >= 11 is 0. The lowest BCUT2D eigenvalue weighted by Gasteiger charge is -2.35. The number of benzene rings is 1. The van der Waals surface area contributed by atoms with Crippen LogP contribution >= 0.6 is 0 Å². The van der Waals surface area contributed by atoms with Crippen LogP contribution in [0.4, 0.5) is 18.9 Å². The maximum absolute atomic E-state index is 12.9. The van der Waals surface area contributed by atoms with Gasteiger partial charge in [-0.05, 0) is 30.2 Å². The van der Waals surface area contributed by atoms with Gasteiger partial charge in [0.1, 0.15) is 0 Å². The van der Waals surface area contributed by atoms with Gasteiger partial charge in [0.25, 0.3) is 0 Å². The van der Waals surface area contributed by atoms with Crippen molar-refractivity contribution < 1.29 is 13.2 Å². The van der Waals surface area contributed by atoms with E-state index in [-0.39, 0.29) is 5.92 Å². The fraction of sp³-hybridized carbons (Fsp3) is 0.625. The van der Waals surface area contributed by atoms with Crippen LogP contribution < -0.4 is 4.90 Å². The van der Waals surface area contributed by atoms with Gasteiger partial charge in [-0.3, -0.25) is 0 Å². The molecule has 1 saturated heterocycles. The van der Waals surface area contributed by atoms with Crippen LogP contribution in [0.1, 0.15) is 30.9 Å². The number of anilines is 1. The summed E-state index contributed by atoms with van der Waals surface area (Å²) in [4.78, 5) is 4.27. The van der Waals surface area contributed by atoms with E-state index in [4.69, 9.17) is 0 Å². The Labute approximate surface area is 124 Å². The third-order valence-electron chi connectivity index (χ3n) is 4.01. The second-order valence-electron chi connectivity index (χ2n) is 6.13. The first-order valence-corrected chi connectivity index (χ1v) is 7.39. The molecule has 0 bridgehead atoms. The summed E-state index contributed by atoms with van der Waals surface area (Å²) in [7, 11) is 2.04. The van der Waals surface area contributed by atoms with Crippen LogP contribution in [0.5, 0.6) is 0 Å². The molecule has 5 heteroatoms. The molecule has 1 fully saturated rings. The predicted molar refractivity (Wildman–Crippen MR) is 80.0 cm³/mol. The fourth-order valence-corrected chi connectivity index (χ4v) is 2.68. The highest BCUT2D eigenvalue weighted by Gasteiger charge is 2.30. The summed E-state index contributed by atoms with van der Waals surface area (Å²) < 4.78 is 38.6. The number of hydrogen-bond donors (Lipinski definition) is 0. The molecule has 2 nitrogen and oxygen atoms in total. The first-order valence-electron chi connectivity index (χ1n) is 7.39. The van der Waals surface area contributed by atoms with Gasteiger partial charge in [0.05, 0.1) is 6.42 Å². The maximum atomic E-state index is 12.9. The third kappa shape index (κ3) is 4.37. The molecule has 118 valence electrons. The Morgan fingerprint density at radius 3 is 2.24 bits per heavy atom. The molecule has 0 aromatic heterocycles. The maximum Gasteiger partial charge on any atom is 0.393 e. The van der Waals surface area contributed by atoms with Crippen LogP contribution in [-0.2, 0) is 6.42 Å². The highest BCUT2D eigenvalue weighted by Crippen LogP contribution is 2.31. The number of piperazine rings is 1. The average Bonchev–Trinajstić information content (AvgIpc) is 2.38. The van der Waals surface area contributed by atoms with Crippen molar-refractivity contribution in [3.63, 3.8) is 0 Å². The van der Waals surface area contributed by atoms with Gasteiger partial charge >= 0.3 is 6.18 Å². The zero-order chi connectivity index (χ0) is 15.6. The Bertz CT molecular complexity index is 475. The van der Waals surface area contributed by atoms with Crippen LogP contribution in [0.3, 0.4) is 0 Å². The van der Waals surface area contributed by atoms with Gasteiger partial charge in [0.2, 0.25) is 0 Å². The molecular weight excluding hydrogens is 277 g/mol. The van der Waals surface area contributed by atoms with Crippen molar-refractivity contribution in [2.75, 3.05) is 38.1 Å². The normalized spacial score (nSPS) is 17.6. The zero-order valence-electron chi connectivity index (χ0n) is 12.9. The van der Waals surface area contributed by atoms with E-state index in [0.717, 1.165) is 37.4 Å². The second-order valence-corrected chi connectivity index (χ2v) is 6.13. The first-order chi connectivity index (χ1) is 9.76. The summed E-state index contributed by atoms with van der Waals surface area (Å²) in [6.07, 6.45) is -5.02. The molecule has 21 heavy (non-hydrogen) atoms. The minimum Gasteiger partial charge on any atom is -0.369 e. The molecule has 1 aromatic carbocycles. The second kappa shape index (κ2) is 6.26. The van der Waals surface area contributed by atoms with E-state index < -0.39 is 12.6 Å². The van der Waals surface area contributed by atoms with Gasteiger partial charge in [-0.15, -0.1) is 0 Å². The molecule has 0 radical (unpaired) electrons. The molecule has 0 spiro atoms. The molecule has 0 atom stereocenters. The molecule has 0 unspecified atom stereocenters. The van der Waals surface area contributed by atoms with E-state index in [1.807, 2.05) is 33.0 Å². The van der Waals surface area contributed by atoms with Gasteiger partial charge in [0.15, 0.2) is 0 Å². The van der Waals surface area contributed by atoms with E-state index >= 15 is 0 Å². The molecular formula is C16H23F3N2. The Morgan fingerprint density at radius 1 is 1.10 bits per heavy atom. The smallest absolute Gasteiger partial charge is 0.369 e. The van der Waals surface area contributed by atoms with E-state index in [1.165, 1.54) is 0 Å².